The first kappa shape index (κ1) is 15.1. The van der Waals surface area contributed by atoms with Crippen molar-refractivity contribution in [3.8, 4) is 11.5 Å². The number of hydrogen-bond donors (Lipinski definition) is 2. The lowest BCUT2D eigenvalue weighted by atomic mass is 10.0. The van der Waals surface area contributed by atoms with Crippen LogP contribution in [0.5, 0.6) is 11.5 Å². The van der Waals surface area contributed by atoms with Gasteiger partial charge in [-0.3, -0.25) is 4.79 Å². The minimum absolute atomic E-state index is 0.0635. The lowest BCUT2D eigenvalue weighted by molar-refractivity contribution is -0.125. The van der Waals surface area contributed by atoms with Gasteiger partial charge in [0.15, 0.2) is 11.9 Å². The molecule has 0 bridgehead atoms. The maximum Gasteiger partial charge on any atom is 0.191 e. The highest BCUT2D eigenvalue weighted by Gasteiger charge is 2.22. The maximum atomic E-state index is 12.3. The molecule has 0 aliphatic carbocycles. The Kier molecular flexibility index (Phi) is 4.95. The second-order valence-electron chi connectivity index (χ2n) is 4.85. The summed E-state index contributed by atoms with van der Waals surface area (Å²) < 4.78 is 5.91. The highest BCUT2D eigenvalue weighted by Crippen LogP contribution is 2.26. The average molecular weight is 285 g/mol. The smallest absolute Gasteiger partial charge is 0.191 e. The number of Topliss-reactive ketones (excluding diaryl/α,β-unsaturated/α-hetero) is 1. The lowest BCUT2D eigenvalue weighted by Crippen LogP contribution is -2.28. The molecule has 0 unspecified atom stereocenters. The van der Waals surface area contributed by atoms with E-state index in [9.17, 15) is 9.90 Å². The van der Waals surface area contributed by atoms with Crippen LogP contribution in [0.25, 0.3) is 0 Å². The van der Waals surface area contributed by atoms with Crippen molar-refractivity contribution in [2.75, 3.05) is 13.6 Å². The van der Waals surface area contributed by atoms with Crippen molar-refractivity contribution in [2.24, 2.45) is 0 Å². The second kappa shape index (κ2) is 6.90. The van der Waals surface area contributed by atoms with E-state index in [0.717, 1.165) is 11.1 Å². The minimum atomic E-state index is -0.695. The average Bonchev–Trinajstić information content (AvgIpc) is 2.48. The Bertz CT molecular complexity index is 608. The van der Waals surface area contributed by atoms with Crippen LogP contribution in [0, 0.1) is 6.92 Å². The molecular formula is C17H19NO3. The fourth-order valence-electron chi connectivity index (χ4n) is 2.05. The quantitative estimate of drug-likeness (QED) is 0.856. The van der Waals surface area contributed by atoms with Gasteiger partial charge in [0, 0.05) is 5.56 Å². The van der Waals surface area contributed by atoms with Gasteiger partial charge in [-0.25, -0.2) is 0 Å². The Morgan fingerprint density at radius 3 is 2.48 bits per heavy atom. The number of aromatic hydroxyl groups is 1. The predicted molar refractivity (Wildman–Crippen MR) is 81.6 cm³/mol. The van der Waals surface area contributed by atoms with Crippen LogP contribution in [0.2, 0.25) is 0 Å². The minimum Gasteiger partial charge on any atom is -0.508 e. The summed E-state index contributed by atoms with van der Waals surface area (Å²) in [7, 11) is 1.72. The molecule has 4 heteroatoms. The zero-order valence-corrected chi connectivity index (χ0v) is 12.2. The first-order valence-corrected chi connectivity index (χ1v) is 6.80. The number of hydrogen-bond acceptors (Lipinski definition) is 4. The summed E-state index contributed by atoms with van der Waals surface area (Å²) in [6.45, 7) is 2.16. The highest BCUT2D eigenvalue weighted by atomic mass is 16.5. The first-order chi connectivity index (χ1) is 10.1. The third-order valence-electron chi connectivity index (χ3n) is 3.18. The third kappa shape index (κ3) is 3.83. The Morgan fingerprint density at radius 1 is 1.19 bits per heavy atom. The molecule has 110 valence electrons. The standard InChI is InChI=1S/C17H19NO3/c1-12-5-3-4-6-16(12)21-17(15(20)11-18-2)13-7-9-14(19)10-8-13/h3-10,17-19H,11H2,1-2H3/t17-/m0/s1. The number of nitrogens with one attached hydrogen (secondary N) is 1. The van der Waals surface area contributed by atoms with Crippen LogP contribution in [0.3, 0.4) is 0 Å². The largest absolute Gasteiger partial charge is 0.508 e. The summed E-state index contributed by atoms with van der Waals surface area (Å²) in [5.41, 5.74) is 1.69. The van der Waals surface area contributed by atoms with Crippen molar-refractivity contribution in [1.29, 1.82) is 0 Å². The maximum absolute atomic E-state index is 12.3. The van der Waals surface area contributed by atoms with Crippen LogP contribution in [0.15, 0.2) is 48.5 Å². The summed E-state index contributed by atoms with van der Waals surface area (Å²) in [6, 6.07) is 14.1. The van der Waals surface area contributed by atoms with E-state index >= 15 is 0 Å². The number of benzene rings is 2. The van der Waals surface area contributed by atoms with Crippen molar-refractivity contribution in [3.05, 3.63) is 59.7 Å². The third-order valence-corrected chi connectivity index (χ3v) is 3.18. The number of phenolic OH excluding ortho intramolecular Hbond substituents is 1. The van der Waals surface area contributed by atoms with Gasteiger partial charge >= 0.3 is 0 Å². The number of phenols is 1. The normalized spacial score (nSPS) is 11.9. The Morgan fingerprint density at radius 2 is 1.86 bits per heavy atom. The molecule has 0 fully saturated rings. The molecule has 21 heavy (non-hydrogen) atoms. The molecule has 0 saturated heterocycles. The van der Waals surface area contributed by atoms with Crippen LogP contribution in [-0.2, 0) is 4.79 Å². The molecule has 1 atom stereocenters. The van der Waals surface area contributed by atoms with Gasteiger partial charge in [-0.1, -0.05) is 30.3 Å². The van der Waals surface area contributed by atoms with Crippen LogP contribution in [-0.4, -0.2) is 24.5 Å². The van der Waals surface area contributed by atoms with Gasteiger partial charge in [0.1, 0.15) is 11.5 Å². The molecule has 0 spiro atoms. The SMILES string of the molecule is CNCC(=O)[C@@H](Oc1ccccc1C)c1ccc(O)cc1. The van der Waals surface area contributed by atoms with Gasteiger partial charge in [-0.05, 0) is 37.7 Å². The molecule has 0 amide bonds. The number of ketones is 1. The predicted octanol–water partition coefficient (Wildman–Crippen LogP) is 2.61. The second-order valence-corrected chi connectivity index (χ2v) is 4.85. The lowest BCUT2D eigenvalue weighted by Gasteiger charge is -2.19. The molecule has 0 saturated carbocycles. The number of aryl methyl sites for hydroxylation is 1. The number of ether oxygens (including phenoxy) is 1. The van der Waals surface area contributed by atoms with E-state index in [4.69, 9.17) is 4.74 Å². The molecule has 2 N–H and O–H groups in total. The van der Waals surface area contributed by atoms with Gasteiger partial charge in [-0.15, -0.1) is 0 Å². The Balaban J connectivity index is 2.30. The van der Waals surface area contributed by atoms with E-state index in [2.05, 4.69) is 5.32 Å². The molecular weight excluding hydrogens is 266 g/mol. The molecule has 2 aromatic rings. The summed E-state index contributed by atoms with van der Waals surface area (Å²) in [6.07, 6.45) is -0.695. The van der Waals surface area contributed by atoms with Gasteiger partial charge in [0.05, 0.1) is 6.54 Å². The fraction of sp³-hybridized carbons (Fsp3) is 0.235. The van der Waals surface area contributed by atoms with Crippen LogP contribution in [0.4, 0.5) is 0 Å². The fourth-order valence-corrected chi connectivity index (χ4v) is 2.05. The van der Waals surface area contributed by atoms with Crippen LogP contribution >= 0.6 is 0 Å². The van der Waals surface area contributed by atoms with Crippen molar-refractivity contribution in [1.82, 2.24) is 5.32 Å². The monoisotopic (exact) mass is 285 g/mol. The van der Waals surface area contributed by atoms with Gasteiger partial charge in [0.2, 0.25) is 0 Å². The van der Waals surface area contributed by atoms with Gasteiger partial charge in [-0.2, -0.15) is 0 Å². The number of likely N-dealkylation sites (N-methyl/N-ethyl adjacent to an activating group) is 1. The van der Waals surface area contributed by atoms with Gasteiger partial charge in [0.25, 0.3) is 0 Å². The molecule has 4 nitrogen and oxygen atoms in total. The number of rotatable bonds is 6. The van der Waals surface area contributed by atoms with E-state index in [1.807, 2.05) is 31.2 Å². The van der Waals surface area contributed by atoms with Crippen molar-refractivity contribution < 1.29 is 14.6 Å². The number of carbonyl (C=O) groups excluding carboxylic acids is 1. The molecule has 2 rings (SSSR count). The molecule has 2 aromatic carbocycles. The topological polar surface area (TPSA) is 58.6 Å². The van der Waals surface area contributed by atoms with Gasteiger partial charge < -0.3 is 15.2 Å². The van der Waals surface area contributed by atoms with Crippen molar-refractivity contribution >= 4 is 5.78 Å². The molecule has 0 radical (unpaired) electrons. The summed E-state index contributed by atoms with van der Waals surface area (Å²) >= 11 is 0. The molecule has 0 aliphatic rings. The highest BCUT2D eigenvalue weighted by molar-refractivity contribution is 5.86. The Labute approximate surface area is 124 Å². The van der Waals surface area contributed by atoms with E-state index in [1.165, 1.54) is 0 Å². The zero-order chi connectivity index (χ0) is 15.2. The van der Waals surface area contributed by atoms with E-state index in [0.29, 0.717) is 5.75 Å². The first-order valence-electron chi connectivity index (χ1n) is 6.80. The molecule has 0 aromatic heterocycles. The summed E-state index contributed by atoms with van der Waals surface area (Å²) in [4.78, 5) is 12.3. The van der Waals surface area contributed by atoms with E-state index in [1.54, 1.807) is 31.3 Å². The van der Waals surface area contributed by atoms with Crippen molar-refractivity contribution in [3.63, 3.8) is 0 Å². The Hall–Kier alpha value is -2.33. The summed E-state index contributed by atoms with van der Waals surface area (Å²) in [5, 5.41) is 12.2. The van der Waals surface area contributed by atoms with Crippen LogP contribution in [0.1, 0.15) is 17.2 Å². The van der Waals surface area contributed by atoms with E-state index in [-0.39, 0.29) is 18.1 Å². The number of carbonyl (C=O) groups is 1. The summed E-state index contributed by atoms with van der Waals surface area (Å²) in [5.74, 6) is 0.779. The van der Waals surface area contributed by atoms with Crippen molar-refractivity contribution in [2.45, 2.75) is 13.0 Å². The number of para-hydroxylation sites is 1. The zero-order valence-electron chi connectivity index (χ0n) is 12.2. The van der Waals surface area contributed by atoms with Crippen LogP contribution < -0.4 is 10.1 Å². The molecule has 0 heterocycles. The molecule has 0 aliphatic heterocycles. The van der Waals surface area contributed by atoms with E-state index < -0.39 is 6.10 Å².